The predicted octanol–water partition coefficient (Wildman–Crippen LogP) is 2.69. The van der Waals surface area contributed by atoms with Crippen LogP contribution in [0.5, 0.6) is 17.2 Å². The van der Waals surface area contributed by atoms with Gasteiger partial charge >= 0.3 is 5.97 Å². The highest BCUT2D eigenvalue weighted by Gasteiger charge is 2.09. The van der Waals surface area contributed by atoms with Crippen LogP contribution in [0.3, 0.4) is 0 Å². The Morgan fingerprint density at radius 1 is 1.00 bits per heavy atom. The molecule has 0 atom stereocenters. The van der Waals surface area contributed by atoms with Gasteiger partial charge < -0.3 is 19.9 Å². The maximum Gasteiger partial charge on any atom is 0.315 e. The lowest BCUT2D eigenvalue weighted by molar-refractivity contribution is -0.142. The van der Waals surface area contributed by atoms with Crippen molar-refractivity contribution in [2.75, 3.05) is 12.4 Å². The van der Waals surface area contributed by atoms with Crippen LogP contribution in [-0.4, -0.2) is 24.1 Å². The van der Waals surface area contributed by atoms with Crippen LogP contribution >= 0.6 is 0 Å². The standard InChI is InChI=1S/C16H15NO5/c1-21-16(20)10-15(19)17-11-2-6-13(7-3-11)22-14-8-4-12(18)5-9-14/h2-9,18H,10H2,1H3,(H,17,19). The molecule has 1 amide bonds. The van der Waals surface area contributed by atoms with Gasteiger partial charge in [-0.1, -0.05) is 0 Å². The Hall–Kier alpha value is -3.02. The fraction of sp³-hybridized carbons (Fsp3) is 0.125. The molecule has 0 aliphatic rings. The lowest BCUT2D eigenvalue weighted by atomic mass is 10.3. The summed E-state index contributed by atoms with van der Waals surface area (Å²) in [5, 5.41) is 11.8. The first kappa shape index (κ1) is 15.4. The Balaban J connectivity index is 1.94. The number of phenolic OH excluding ortho intramolecular Hbond substituents is 1. The summed E-state index contributed by atoms with van der Waals surface area (Å²) < 4.78 is 9.99. The third-order valence-electron chi connectivity index (χ3n) is 2.74. The third-order valence-corrected chi connectivity index (χ3v) is 2.74. The summed E-state index contributed by atoms with van der Waals surface area (Å²) in [6.07, 6.45) is -0.331. The molecule has 2 rings (SSSR count). The molecule has 2 aromatic rings. The molecule has 2 N–H and O–H groups in total. The second kappa shape index (κ2) is 7.12. The van der Waals surface area contributed by atoms with E-state index in [0.717, 1.165) is 0 Å². The van der Waals surface area contributed by atoms with Gasteiger partial charge in [0.25, 0.3) is 0 Å². The summed E-state index contributed by atoms with van der Waals surface area (Å²) in [6, 6.07) is 13.0. The number of esters is 1. The van der Waals surface area contributed by atoms with Crippen molar-refractivity contribution >= 4 is 17.6 Å². The van der Waals surface area contributed by atoms with Gasteiger partial charge in [-0.3, -0.25) is 9.59 Å². The summed E-state index contributed by atoms with van der Waals surface area (Å²) in [5.41, 5.74) is 0.548. The minimum absolute atomic E-state index is 0.163. The molecule has 6 heteroatoms. The highest BCUT2D eigenvalue weighted by Crippen LogP contribution is 2.24. The monoisotopic (exact) mass is 301 g/mol. The van der Waals surface area contributed by atoms with Crippen molar-refractivity contribution in [1.82, 2.24) is 0 Å². The summed E-state index contributed by atoms with van der Waals surface area (Å²) in [7, 11) is 1.23. The van der Waals surface area contributed by atoms with Crippen molar-refractivity contribution in [2.45, 2.75) is 6.42 Å². The maximum absolute atomic E-state index is 11.5. The Labute approximate surface area is 127 Å². The second-order valence-electron chi connectivity index (χ2n) is 4.42. The van der Waals surface area contributed by atoms with Crippen LogP contribution in [0.15, 0.2) is 48.5 Å². The van der Waals surface area contributed by atoms with Crippen LogP contribution in [0.2, 0.25) is 0 Å². The van der Waals surface area contributed by atoms with E-state index in [9.17, 15) is 14.7 Å². The van der Waals surface area contributed by atoms with E-state index in [2.05, 4.69) is 10.1 Å². The van der Waals surface area contributed by atoms with Gasteiger partial charge in [0, 0.05) is 5.69 Å². The average molecular weight is 301 g/mol. The number of rotatable bonds is 5. The number of benzene rings is 2. The molecule has 0 heterocycles. The Morgan fingerprint density at radius 2 is 1.55 bits per heavy atom. The van der Waals surface area contributed by atoms with E-state index < -0.39 is 11.9 Å². The van der Waals surface area contributed by atoms with E-state index in [4.69, 9.17) is 4.74 Å². The van der Waals surface area contributed by atoms with Crippen LogP contribution < -0.4 is 10.1 Å². The first-order chi connectivity index (χ1) is 10.6. The fourth-order valence-electron chi connectivity index (χ4n) is 1.67. The molecule has 114 valence electrons. The normalized spacial score (nSPS) is 9.86. The van der Waals surface area contributed by atoms with Crippen molar-refractivity contribution < 1.29 is 24.2 Å². The van der Waals surface area contributed by atoms with Crippen LogP contribution in [0.25, 0.3) is 0 Å². The molecule has 0 spiro atoms. The maximum atomic E-state index is 11.5. The summed E-state index contributed by atoms with van der Waals surface area (Å²) in [6.45, 7) is 0. The molecule has 0 aliphatic carbocycles. The van der Waals surface area contributed by atoms with E-state index in [1.807, 2.05) is 0 Å². The van der Waals surface area contributed by atoms with E-state index in [1.165, 1.54) is 19.2 Å². The number of hydrogen-bond donors (Lipinski definition) is 2. The first-order valence-electron chi connectivity index (χ1n) is 6.50. The SMILES string of the molecule is COC(=O)CC(=O)Nc1ccc(Oc2ccc(O)cc2)cc1. The number of methoxy groups -OCH3 is 1. The number of anilines is 1. The summed E-state index contributed by atoms with van der Waals surface area (Å²) in [5.74, 6) is 0.289. The molecule has 0 fully saturated rings. The number of hydrogen-bond acceptors (Lipinski definition) is 5. The number of ether oxygens (including phenoxy) is 2. The van der Waals surface area contributed by atoms with Crippen molar-refractivity contribution in [3.05, 3.63) is 48.5 Å². The Morgan fingerprint density at radius 3 is 2.09 bits per heavy atom. The lowest BCUT2D eigenvalue weighted by Crippen LogP contribution is -2.17. The van der Waals surface area contributed by atoms with E-state index in [0.29, 0.717) is 17.2 Å². The first-order valence-corrected chi connectivity index (χ1v) is 6.50. The average Bonchev–Trinajstić information content (AvgIpc) is 2.51. The number of nitrogens with one attached hydrogen (secondary N) is 1. The van der Waals surface area contributed by atoms with Crippen molar-refractivity contribution in [3.8, 4) is 17.2 Å². The molecule has 22 heavy (non-hydrogen) atoms. The van der Waals surface area contributed by atoms with Gasteiger partial charge in [-0.2, -0.15) is 0 Å². The third kappa shape index (κ3) is 4.52. The van der Waals surface area contributed by atoms with Gasteiger partial charge in [0.1, 0.15) is 23.7 Å². The van der Waals surface area contributed by atoms with E-state index in [1.54, 1.807) is 36.4 Å². The number of amides is 1. The van der Waals surface area contributed by atoms with Crippen LogP contribution in [0, 0.1) is 0 Å². The zero-order chi connectivity index (χ0) is 15.9. The lowest BCUT2D eigenvalue weighted by Gasteiger charge is -2.08. The molecule has 0 unspecified atom stereocenters. The highest BCUT2D eigenvalue weighted by atomic mass is 16.5. The van der Waals surface area contributed by atoms with E-state index in [-0.39, 0.29) is 12.2 Å². The van der Waals surface area contributed by atoms with Gasteiger partial charge in [0.05, 0.1) is 7.11 Å². The summed E-state index contributed by atoms with van der Waals surface area (Å²) in [4.78, 5) is 22.5. The van der Waals surface area contributed by atoms with Crippen LogP contribution in [-0.2, 0) is 14.3 Å². The minimum atomic E-state index is -0.593. The van der Waals surface area contributed by atoms with Crippen molar-refractivity contribution in [1.29, 1.82) is 0 Å². The quantitative estimate of drug-likeness (QED) is 0.655. The molecule has 2 aromatic carbocycles. The van der Waals surface area contributed by atoms with E-state index >= 15 is 0 Å². The Bertz CT molecular complexity index is 649. The molecule has 0 saturated heterocycles. The molecule has 6 nitrogen and oxygen atoms in total. The molecule has 0 radical (unpaired) electrons. The van der Waals surface area contributed by atoms with Gasteiger partial charge in [0.15, 0.2) is 0 Å². The smallest absolute Gasteiger partial charge is 0.315 e. The number of aromatic hydroxyl groups is 1. The van der Waals surface area contributed by atoms with Crippen LogP contribution in [0.4, 0.5) is 5.69 Å². The molecular formula is C16H15NO5. The van der Waals surface area contributed by atoms with Gasteiger partial charge in [0.2, 0.25) is 5.91 Å². The molecule has 0 bridgehead atoms. The molecule has 0 saturated carbocycles. The number of carbonyl (C=O) groups excluding carboxylic acids is 2. The molecule has 0 aliphatic heterocycles. The van der Waals surface area contributed by atoms with Crippen molar-refractivity contribution in [3.63, 3.8) is 0 Å². The number of phenols is 1. The largest absolute Gasteiger partial charge is 0.508 e. The van der Waals surface area contributed by atoms with Crippen molar-refractivity contribution in [2.24, 2.45) is 0 Å². The zero-order valence-corrected chi connectivity index (χ0v) is 11.9. The molecular weight excluding hydrogens is 286 g/mol. The summed E-state index contributed by atoms with van der Waals surface area (Å²) >= 11 is 0. The zero-order valence-electron chi connectivity index (χ0n) is 11.9. The molecule has 0 aromatic heterocycles. The van der Waals surface area contributed by atoms with Crippen LogP contribution in [0.1, 0.15) is 6.42 Å². The highest BCUT2D eigenvalue weighted by molar-refractivity contribution is 6.01. The van der Waals surface area contributed by atoms with Gasteiger partial charge in [-0.05, 0) is 48.5 Å². The fourth-order valence-corrected chi connectivity index (χ4v) is 1.67. The predicted molar refractivity (Wildman–Crippen MR) is 79.9 cm³/mol. The second-order valence-corrected chi connectivity index (χ2v) is 4.42. The Kier molecular flexibility index (Phi) is 4.98. The van der Waals surface area contributed by atoms with Gasteiger partial charge in [-0.15, -0.1) is 0 Å². The minimum Gasteiger partial charge on any atom is -0.508 e. The van der Waals surface area contributed by atoms with Gasteiger partial charge in [-0.25, -0.2) is 0 Å². The topological polar surface area (TPSA) is 84.9 Å². The number of carbonyl (C=O) groups is 2.